The molecule has 2 amide bonds. The van der Waals surface area contributed by atoms with Crippen LogP contribution in [0.2, 0.25) is 0 Å². The Morgan fingerprint density at radius 1 is 1.57 bits per heavy atom. The Bertz CT molecular complexity index is 242. The number of likely N-dealkylation sites (tertiary alicyclic amines) is 1. The van der Waals surface area contributed by atoms with E-state index in [1.807, 2.05) is 6.92 Å². The van der Waals surface area contributed by atoms with Crippen LogP contribution in [0, 0.1) is 0 Å². The van der Waals surface area contributed by atoms with Crippen LogP contribution in [0.15, 0.2) is 0 Å². The average molecular weight is 200 g/mol. The standard InChI is InChI=1S/C9H16N2O3/c1-6-4-3-5-11(6)8(12)7(2)10-9(13)14/h6-7,10H,3-5H2,1-2H3,(H,13,14)/t6-,7+/m0/s1. The lowest BCUT2D eigenvalue weighted by atomic mass is 10.2. The molecule has 80 valence electrons. The van der Waals surface area contributed by atoms with E-state index in [-0.39, 0.29) is 11.9 Å². The molecule has 1 aliphatic rings. The average Bonchev–Trinajstić information content (AvgIpc) is 2.48. The van der Waals surface area contributed by atoms with E-state index in [0.717, 1.165) is 19.4 Å². The molecule has 5 nitrogen and oxygen atoms in total. The maximum Gasteiger partial charge on any atom is 0.405 e. The molecular formula is C9H16N2O3. The number of hydrogen-bond donors (Lipinski definition) is 2. The highest BCUT2D eigenvalue weighted by molar-refractivity contribution is 5.85. The van der Waals surface area contributed by atoms with Crippen LogP contribution in [0.3, 0.4) is 0 Å². The van der Waals surface area contributed by atoms with Crippen LogP contribution in [0.25, 0.3) is 0 Å². The van der Waals surface area contributed by atoms with Crippen molar-refractivity contribution in [1.29, 1.82) is 0 Å². The molecule has 14 heavy (non-hydrogen) atoms. The molecule has 0 aliphatic carbocycles. The molecule has 5 heteroatoms. The van der Waals surface area contributed by atoms with Gasteiger partial charge in [0.15, 0.2) is 0 Å². The monoisotopic (exact) mass is 200 g/mol. The van der Waals surface area contributed by atoms with Crippen molar-refractivity contribution in [1.82, 2.24) is 10.2 Å². The molecule has 1 fully saturated rings. The van der Waals surface area contributed by atoms with Gasteiger partial charge in [-0.3, -0.25) is 4.79 Å². The van der Waals surface area contributed by atoms with Crippen LogP contribution in [0.4, 0.5) is 4.79 Å². The van der Waals surface area contributed by atoms with Crippen molar-refractivity contribution in [3.8, 4) is 0 Å². The van der Waals surface area contributed by atoms with Crippen molar-refractivity contribution >= 4 is 12.0 Å². The van der Waals surface area contributed by atoms with Crippen molar-refractivity contribution in [2.24, 2.45) is 0 Å². The van der Waals surface area contributed by atoms with Crippen molar-refractivity contribution < 1.29 is 14.7 Å². The molecule has 0 aromatic carbocycles. The number of amides is 2. The zero-order valence-electron chi connectivity index (χ0n) is 8.49. The van der Waals surface area contributed by atoms with E-state index in [1.54, 1.807) is 11.8 Å². The first-order valence-electron chi connectivity index (χ1n) is 4.82. The first kappa shape index (κ1) is 10.8. The van der Waals surface area contributed by atoms with Crippen LogP contribution in [-0.2, 0) is 4.79 Å². The van der Waals surface area contributed by atoms with Crippen molar-refractivity contribution in [3.05, 3.63) is 0 Å². The maximum absolute atomic E-state index is 11.7. The van der Waals surface area contributed by atoms with Gasteiger partial charge in [-0.25, -0.2) is 4.79 Å². The maximum atomic E-state index is 11.7. The van der Waals surface area contributed by atoms with Crippen LogP contribution < -0.4 is 5.32 Å². The van der Waals surface area contributed by atoms with Gasteiger partial charge in [-0.1, -0.05) is 0 Å². The number of carbonyl (C=O) groups is 2. The lowest BCUT2D eigenvalue weighted by Crippen LogP contribution is -2.47. The van der Waals surface area contributed by atoms with Gasteiger partial charge >= 0.3 is 6.09 Å². The van der Waals surface area contributed by atoms with Gasteiger partial charge in [0.1, 0.15) is 6.04 Å². The molecule has 1 aliphatic heterocycles. The normalized spacial score (nSPS) is 23.3. The van der Waals surface area contributed by atoms with Crippen LogP contribution in [0.5, 0.6) is 0 Å². The Morgan fingerprint density at radius 2 is 2.21 bits per heavy atom. The molecule has 2 atom stereocenters. The van der Waals surface area contributed by atoms with Gasteiger partial charge in [0.25, 0.3) is 0 Å². The molecule has 0 unspecified atom stereocenters. The predicted octanol–water partition coefficient (Wildman–Crippen LogP) is 0.653. The highest BCUT2D eigenvalue weighted by atomic mass is 16.4. The van der Waals surface area contributed by atoms with E-state index >= 15 is 0 Å². The van der Waals surface area contributed by atoms with E-state index in [1.165, 1.54) is 0 Å². The van der Waals surface area contributed by atoms with E-state index in [9.17, 15) is 9.59 Å². The van der Waals surface area contributed by atoms with E-state index in [2.05, 4.69) is 5.32 Å². The van der Waals surface area contributed by atoms with Gasteiger partial charge in [0.05, 0.1) is 0 Å². The third kappa shape index (κ3) is 2.37. The summed E-state index contributed by atoms with van der Waals surface area (Å²) in [5.41, 5.74) is 0. The quantitative estimate of drug-likeness (QED) is 0.687. The summed E-state index contributed by atoms with van der Waals surface area (Å²) in [6.07, 6.45) is 0.857. The molecule has 0 spiro atoms. The number of nitrogens with zero attached hydrogens (tertiary/aromatic N) is 1. The fourth-order valence-electron chi connectivity index (χ4n) is 1.76. The first-order chi connectivity index (χ1) is 6.52. The Kier molecular flexibility index (Phi) is 3.33. The first-order valence-corrected chi connectivity index (χ1v) is 4.82. The summed E-state index contributed by atoms with van der Waals surface area (Å²) in [5, 5.41) is 10.6. The van der Waals surface area contributed by atoms with Gasteiger partial charge in [0, 0.05) is 12.6 Å². The lowest BCUT2D eigenvalue weighted by molar-refractivity contribution is -0.133. The zero-order chi connectivity index (χ0) is 10.7. The number of nitrogens with one attached hydrogen (secondary N) is 1. The Balaban J connectivity index is 2.51. The Hall–Kier alpha value is -1.26. The van der Waals surface area contributed by atoms with Crippen molar-refractivity contribution in [2.75, 3.05) is 6.54 Å². The predicted molar refractivity (Wildman–Crippen MR) is 51.0 cm³/mol. The zero-order valence-corrected chi connectivity index (χ0v) is 8.49. The molecule has 1 saturated heterocycles. The molecule has 1 rings (SSSR count). The minimum absolute atomic E-state index is 0.127. The molecule has 0 aromatic heterocycles. The number of carboxylic acid groups (broad SMARTS) is 1. The van der Waals surface area contributed by atoms with Crippen LogP contribution in [0.1, 0.15) is 26.7 Å². The van der Waals surface area contributed by atoms with Crippen LogP contribution >= 0.6 is 0 Å². The molecule has 0 aromatic rings. The number of carbonyl (C=O) groups excluding carboxylic acids is 1. The summed E-state index contributed by atoms with van der Waals surface area (Å²) in [6.45, 7) is 4.30. The fourth-order valence-corrected chi connectivity index (χ4v) is 1.76. The Morgan fingerprint density at radius 3 is 2.64 bits per heavy atom. The summed E-state index contributed by atoms with van der Waals surface area (Å²) in [4.78, 5) is 23.8. The second-order valence-corrected chi connectivity index (χ2v) is 3.69. The summed E-state index contributed by atoms with van der Waals surface area (Å²) < 4.78 is 0. The Labute approximate surface area is 83.1 Å². The SMILES string of the molecule is C[C@@H](NC(=O)O)C(=O)N1CCC[C@@H]1C. The van der Waals surface area contributed by atoms with Gasteiger partial charge in [-0.05, 0) is 26.7 Å². The molecule has 0 bridgehead atoms. The second kappa shape index (κ2) is 4.30. The molecule has 0 radical (unpaired) electrons. The minimum Gasteiger partial charge on any atom is -0.465 e. The van der Waals surface area contributed by atoms with E-state index in [4.69, 9.17) is 5.11 Å². The van der Waals surface area contributed by atoms with Gasteiger partial charge in [-0.2, -0.15) is 0 Å². The van der Waals surface area contributed by atoms with Gasteiger partial charge in [0.2, 0.25) is 5.91 Å². The summed E-state index contributed by atoms with van der Waals surface area (Å²) in [6, 6.07) is -0.409. The fraction of sp³-hybridized carbons (Fsp3) is 0.778. The van der Waals surface area contributed by atoms with Gasteiger partial charge in [-0.15, -0.1) is 0 Å². The topological polar surface area (TPSA) is 69.6 Å². The summed E-state index contributed by atoms with van der Waals surface area (Å²) in [5.74, 6) is -0.127. The summed E-state index contributed by atoms with van der Waals surface area (Å²) >= 11 is 0. The lowest BCUT2D eigenvalue weighted by Gasteiger charge is -2.24. The van der Waals surface area contributed by atoms with Gasteiger partial charge < -0.3 is 15.3 Å². The molecular weight excluding hydrogens is 184 g/mol. The van der Waals surface area contributed by atoms with Crippen LogP contribution in [-0.4, -0.2) is 40.6 Å². The number of hydrogen-bond acceptors (Lipinski definition) is 2. The smallest absolute Gasteiger partial charge is 0.405 e. The molecule has 0 saturated carbocycles. The largest absolute Gasteiger partial charge is 0.465 e. The summed E-state index contributed by atoms with van der Waals surface area (Å²) in [7, 11) is 0. The molecule has 1 heterocycles. The number of rotatable bonds is 2. The third-order valence-corrected chi connectivity index (χ3v) is 2.55. The second-order valence-electron chi connectivity index (χ2n) is 3.69. The minimum atomic E-state index is -1.15. The van der Waals surface area contributed by atoms with E-state index < -0.39 is 12.1 Å². The van der Waals surface area contributed by atoms with E-state index in [0.29, 0.717) is 0 Å². The van der Waals surface area contributed by atoms with Crippen molar-refractivity contribution in [3.63, 3.8) is 0 Å². The highest BCUT2D eigenvalue weighted by Gasteiger charge is 2.28. The highest BCUT2D eigenvalue weighted by Crippen LogP contribution is 2.17. The molecule has 2 N–H and O–H groups in total. The van der Waals surface area contributed by atoms with Crippen molar-refractivity contribution in [2.45, 2.75) is 38.8 Å². The third-order valence-electron chi connectivity index (χ3n) is 2.55.